The van der Waals surface area contributed by atoms with Gasteiger partial charge in [-0.25, -0.2) is 4.98 Å². The largest absolute Gasteiger partial charge is 0.354 e. The van der Waals surface area contributed by atoms with E-state index in [0.29, 0.717) is 12.5 Å². The predicted octanol–water partition coefficient (Wildman–Crippen LogP) is 3.18. The molecule has 0 aliphatic heterocycles. The summed E-state index contributed by atoms with van der Waals surface area (Å²) < 4.78 is 0. The van der Waals surface area contributed by atoms with Crippen LogP contribution in [0, 0.1) is 24.0 Å². The quantitative estimate of drug-likeness (QED) is 0.648. The molecule has 0 unspecified atom stereocenters. The van der Waals surface area contributed by atoms with Crippen LogP contribution >= 0.6 is 0 Å². The van der Waals surface area contributed by atoms with Crippen molar-refractivity contribution in [3.63, 3.8) is 0 Å². The Labute approximate surface area is 122 Å². The molecule has 2 aromatic rings. The van der Waals surface area contributed by atoms with Crippen molar-refractivity contribution in [1.29, 1.82) is 0 Å². The Balaban J connectivity index is 2.43. The Morgan fingerprint density at radius 3 is 2.76 bits per heavy atom. The topological polar surface area (TPSA) is 93.0 Å². The lowest BCUT2D eigenvalue weighted by Gasteiger charge is -2.11. The maximum Gasteiger partial charge on any atom is 0.329 e. The van der Waals surface area contributed by atoms with Gasteiger partial charge in [-0.3, -0.25) is 10.1 Å². The standard InChI is InChI=1S/C14H17N5O2/c1-4-15-14-16-8-12(19(20)21)13(18-14)17-11-7-5-6-9(2)10(11)3/h5-8H,4H2,1-3H3,(H2,15,16,17,18). The molecule has 110 valence electrons. The van der Waals surface area contributed by atoms with Crippen molar-refractivity contribution >= 4 is 23.1 Å². The van der Waals surface area contributed by atoms with E-state index < -0.39 is 4.92 Å². The summed E-state index contributed by atoms with van der Waals surface area (Å²) in [4.78, 5) is 18.7. The molecule has 7 nitrogen and oxygen atoms in total. The Hall–Kier alpha value is -2.70. The third-order valence-electron chi connectivity index (χ3n) is 3.16. The summed E-state index contributed by atoms with van der Waals surface area (Å²) in [5, 5.41) is 17.1. The van der Waals surface area contributed by atoms with Crippen molar-refractivity contribution in [3.8, 4) is 0 Å². The van der Waals surface area contributed by atoms with Crippen LogP contribution < -0.4 is 10.6 Å². The fourth-order valence-corrected chi connectivity index (χ4v) is 1.86. The van der Waals surface area contributed by atoms with E-state index in [0.717, 1.165) is 16.8 Å². The second kappa shape index (κ2) is 6.17. The molecule has 2 rings (SSSR count). The van der Waals surface area contributed by atoms with Crippen molar-refractivity contribution in [2.45, 2.75) is 20.8 Å². The molecule has 0 radical (unpaired) electrons. The minimum absolute atomic E-state index is 0.155. The minimum Gasteiger partial charge on any atom is -0.354 e. The zero-order valence-corrected chi connectivity index (χ0v) is 12.2. The maximum absolute atomic E-state index is 11.1. The van der Waals surface area contributed by atoms with Gasteiger partial charge >= 0.3 is 5.69 Å². The zero-order chi connectivity index (χ0) is 15.4. The van der Waals surface area contributed by atoms with E-state index in [2.05, 4.69) is 20.6 Å². The Bertz CT molecular complexity index is 672. The molecule has 0 aliphatic carbocycles. The van der Waals surface area contributed by atoms with E-state index in [9.17, 15) is 10.1 Å². The summed E-state index contributed by atoms with van der Waals surface area (Å²) in [6.45, 7) is 6.48. The van der Waals surface area contributed by atoms with Gasteiger partial charge in [0.1, 0.15) is 6.20 Å². The van der Waals surface area contributed by atoms with Crippen LogP contribution in [0.25, 0.3) is 0 Å². The average Bonchev–Trinajstić information content (AvgIpc) is 2.44. The summed E-state index contributed by atoms with van der Waals surface area (Å²) in [7, 11) is 0. The Morgan fingerprint density at radius 1 is 1.33 bits per heavy atom. The summed E-state index contributed by atoms with van der Waals surface area (Å²) in [6, 6.07) is 5.74. The fourth-order valence-electron chi connectivity index (χ4n) is 1.86. The first-order chi connectivity index (χ1) is 10.0. The highest BCUT2D eigenvalue weighted by atomic mass is 16.6. The lowest BCUT2D eigenvalue weighted by molar-refractivity contribution is -0.384. The third kappa shape index (κ3) is 3.25. The Kier molecular flexibility index (Phi) is 4.32. The van der Waals surface area contributed by atoms with E-state index >= 15 is 0 Å². The highest BCUT2D eigenvalue weighted by Gasteiger charge is 2.18. The van der Waals surface area contributed by atoms with Gasteiger partial charge in [0.05, 0.1) is 4.92 Å². The van der Waals surface area contributed by atoms with Crippen LogP contribution in [0.4, 0.5) is 23.1 Å². The summed E-state index contributed by atoms with van der Waals surface area (Å²) in [6.07, 6.45) is 1.21. The van der Waals surface area contributed by atoms with Crippen LogP contribution in [0.3, 0.4) is 0 Å². The molecule has 1 aromatic carbocycles. The number of hydrogen-bond donors (Lipinski definition) is 2. The monoisotopic (exact) mass is 287 g/mol. The number of benzene rings is 1. The third-order valence-corrected chi connectivity index (χ3v) is 3.16. The molecule has 21 heavy (non-hydrogen) atoms. The molecule has 0 fully saturated rings. The zero-order valence-electron chi connectivity index (χ0n) is 12.2. The number of rotatable bonds is 5. The number of hydrogen-bond acceptors (Lipinski definition) is 6. The van der Waals surface area contributed by atoms with E-state index in [1.807, 2.05) is 39.0 Å². The van der Waals surface area contributed by atoms with Crippen molar-refractivity contribution in [1.82, 2.24) is 9.97 Å². The molecule has 0 saturated carbocycles. The van der Waals surface area contributed by atoms with Crippen LogP contribution in [0.1, 0.15) is 18.1 Å². The molecule has 0 atom stereocenters. The summed E-state index contributed by atoms with van der Waals surface area (Å²) in [5.74, 6) is 0.538. The van der Waals surface area contributed by atoms with E-state index in [1.54, 1.807) is 0 Å². The van der Waals surface area contributed by atoms with Crippen molar-refractivity contribution < 1.29 is 4.92 Å². The first kappa shape index (κ1) is 14.7. The number of nitrogens with zero attached hydrogens (tertiary/aromatic N) is 3. The lowest BCUT2D eigenvalue weighted by atomic mass is 10.1. The Morgan fingerprint density at radius 2 is 2.10 bits per heavy atom. The number of aryl methyl sites for hydroxylation is 1. The molecular weight excluding hydrogens is 270 g/mol. The molecule has 1 heterocycles. The van der Waals surface area contributed by atoms with Crippen LogP contribution in [-0.4, -0.2) is 21.4 Å². The van der Waals surface area contributed by atoms with Crippen LogP contribution in [-0.2, 0) is 0 Å². The molecule has 0 saturated heterocycles. The average molecular weight is 287 g/mol. The van der Waals surface area contributed by atoms with Gasteiger partial charge in [0.2, 0.25) is 11.8 Å². The molecule has 0 amide bonds. The normalized spacial score (nSPS) is 10.2. The maximum atomic E-state index is 11.1. The second-order valence-corrected chi connectivity index (χ2v) is 4.59. The molecule has 1 aromatic heterocycles. The summed E-state index contributed by atoms with van der Waals surface area (Å²) >= 11 is 0. The second-order valence-electron chi connectivity index (χ2n) is 4.59. The van der Waals surface area contributed by atoms with Gasteiger partial charge in [0.15, 0.2) is 0 Å². The van der Waals surface area contributed by atoms with E-state index in [4.69, 9.17) is 0 Å². The highest BCUT2D eigenvalue weighted by Crippen LogP contribution is 2.28. The van der Waals surface area contributed by atoms with Gasteiger partial charge < -0.3 is 10.6 Å². The fraction of sp³-hybridized carbons (Fsp3) is 0.286. The first-order valence-electron chi connectivity index (χ1n) is 6.61. The molecule has 7 heteroatoms. The van der Waals surface area contributed by atoms with Crippen molar-refractivity contribution in [3.05, 3.63) is 45.6 Å². The van der Waals surface area contributed by atoms with Crippen LogP contribution in [0.5, 0.6) is 0 Å². The molecular formula is C14H17N5O2. The van der Waals surface area contributed by atoms with Gasteiger partial charge in [-0.1, -0.05) is 12.1 Å². The smallest absolute Gasteiger partial charge is 0.329 e. The molecule has 0 aliphatic rings. The lowest BCUT2D eigenvalue weighted by Crippen LogP contribution is -2.07. The number of anilines is 3. The van der Waals surface area contributed by atoms with E-state index in [1.165, 1.54) is 6.20 Å². The predicted molar refractivity (Wildman–Crippen MR) is 82.0 cm³/mol. The number of nitrogens with one attached hydrogen (secondary N) is 2. The van der Waals surface area contributed by atoms with Gasteiger partial charge in [0, 0.05) is 12.2 Å². The first-order valence-corrected chi connectivity index (χ1v) is 6.61. The molecule has 0 spiro atoms. The number of nitro groups is 1. The highest BCUT2D eigenvalue weighted by molar-refractivity contribution is 5.68. The van der Waals surface area contributed by atoms with Gasteiger partial charge in [-0.05, 0) is 38.0 Å². The van der Waals surface area contributed by atoms with Crippen LogP contribution in [0.15, 0.2) is 24.4 Å². The summed E-state index contributed by atoms with van der Waals surface area (Å²) in [5.41, 5.74) is 2.76. The van der Waals surface area contributed by atoms with Crippen molar-refractivity contribution in [2.24, 2.45) is 0 Å². The number of aromatic nitrogens is 2. The minimum atomic E-state index is -0.497. The van der Waals surface area contributed by atoms with Crippen LogP contribution in [0.2, 0.25) is 0 Å². The van der Waals surface area contributed by atoms with Gasteiger partial charge in [-0.15, -0.1) is 0 Å². The van der Waals surface area contributed by atoms with Crippen molar-refractivity contribution in [2.75, 3.05) is 17.2 Å². The molecule has 0 bridgehead atoms. The SMILES string of the molecule is CCNc1ncc([N+](=O)[O-])c(Nc2cccc(C)c2C)n1. The van der Waals surface area contributed by atoms with Gasteiger partial charge in [-0.2, -0.15) is 4.98 Å². The van der Waals surface area contributed by atoms with E-state index in [-0.39, 0.29) is 11.5 Å². The molecule has 2 N–H and O–H groups in total. The van der Waals surface area contributed by atoms with Gasteiger partial charge in [0.25, 0.3) is 0 Å².